The molecule has 22 heavy (non-hydrogen) atoms. The maximum atomic E-state index is 14.0. The second-order valence-corrected chi connectivity index (χ2v) is 5.42. The number of aliphatic carboxylic acids is 1. The van der Waals surface area contributed by atoms with Crippen molar-refractivity contribution in [1.82, 2.24) is 5.32 Å². The standard InChI is InChI=1S/C15H14FNO5/c1-15(2)7-4-3-5-8(16)10(7)12(20)11(13(15)21)14(22)17-6-9(18)19/h3-5,20H,6H2,1-2H3,(H,17,22)(H,18,19). The molecule has 1 aliphatic rings. The van der Waals surface area contributed by atoms with Crippen LogP contribution in [0.5, 0.6) is 0 Å². The Morgan fingerprint density at radius 1 is 1.32 bits per heavy atom. The Morgan fingerprint density at radius 3 is 2.55 bits per heavy atom. The summed E-state index contributed by atoms with van der Waals surface area (Å²) in [5.41, 5.74) is -1.80. The van der Waals surface area contributed by atoms with Crippen molar-refractivity contribution < 1.29 is 29.0 Å². The van der Waals surface area contributed by atoms with Gasteiger partial charge in [0.05, 0.1) is 11.0 Å². The van der Waals surface area contributed by atoms with Gasteiger partial charge in [-0.15, -0.1) is 0 Å². The van der Waals surface area contributed by atoms with E-state index in [1.54, 1.807) is 0 Å². The number of Topliss-reactive ketones (excluding diaryl/α,β-unsaturated/α-hetero) is 1. The predicted octanol–water partition coefficient (Wildman–Crippen LogP) is 1.16. The number of hydrogen-bond acceptors (Lipinski definition) is 4. The van der Waals surface area contributed by atoms with Gasteiger partial charge in [0.1, 0.15) is 23.7 Å². The number of amides is 1. The molecule has 0 aromatic heterocycles. The molecule has 0 fully saturated rings. The zero-order chi connectivity index (χ0) is 16.7. The molecule has 0 spiro atoms. The van der Waals surface area contributed by atoms with Gasteiger partial charge in [-0.25, -0.2) is 4.39 Å². The second kappa shape index (κ2) is 5.25. The van der Waals surface area contributed by atoms with Crippen LogP contribution in [0.15, 0.2) is 23.8 Å². The summed E-state index contributed by atoms with van der Waals surface area (Å²) < 4.78 is 14.0. The van der Waals surface area contributed by atoms with Gasteiger partial charge < -0.3 is 15.5 Å². The molecule has 0 atom stereocenters. The lowest BCUT2D eigenvalue weighted by Gasteiger charge is -2.31. The van der Waals surface area contributed by atoms with E-state index in [0.717, 1.165) is 6.07 Å². The lowest BCUT2D eigenvalue weighted by Crippen LogP contribution is -2.42. The molecule has 1 aromatic carbocycles. The normalized spacial score (nSPS) is 16.2. The quantitative estimate of drug-likeness (QED) is 0.727. The molecule has 0 unspecified atom stereocenters. The fourth-order valence-electron chi connectivity index (χ4n) is 2.41. The molecule has 6 nitrogen and oxygen atoms in total. The van der Waals surface area contributed by atoms with Crippen LogP contribution in [0.2, 0.25) is 0 Å². The van der Waals surface area contributed by atoms with Crippen molar-refractivity contribution in [3.63, 3.8) is 0 Å². The first-order chi connectivity index (χ1) is 10.2. The van der Waals surface area contributed by atoms with E-state index in [-0.39, 0.29) is 11.1 Å². The smallest absolute Gasteiger partial charge is 0.322 e. The summed E-state index contributed by atoms with van der Waals surface area (Å²) in [6.45, 7) is 2.29. The van der Waals surface area contributed by atoms with Crippen molar-refractivity contribution in [2.24, 2.45) is 0 Å². The monoisotopic (exact) mass is 307 g/mol. The van der Waals surface area contributed by atoms with E-state index in [4.69, 9.17) is 5.11 Å². The number of carboxylic acids is 1. The molecule has 0 heterocycles. The summed E-state index contributed by atoms with van der Waals surface area (Å²) in [6.07, 6.45) is 0. The highest BCUT2D eigenvalue weighted by atomic mass is 19.1. The molecule has 0 radical (unpaired) electrons. The Morgan fingerprint density at radius 2 is 1.95 bits per heavy atom. The molecule has 1 amide bonds. The highest BCUT2D eigenvalue weighted by Crippen LogP contribution is 2.40. The summed E-state index contributed by atoms with van der Waals surface area (Å²) >= 11 is 0. The Labute approximate surface area is 125 Å². The van der Waals surface area contributed by atoms with Gasteiger partial charge in [0.2, 0.25) is 0 Å². The van der Waals surface area contributed by atoms with Crippen LogP contribution in [0.3, 0.4) is 0 Å². The number of rotatable bonds is 3. The number of nitrogens with one attached hydrogen (secondary N) is 1. The SMILES string of the molecule is CC1(C)C(=O)C(C(=O)NCC(=O)O)=C(O)c2c(F)cccc21. The van der Waals surface area contributed by atoms with Gasteiger partial charge in [-0.2, -0.15) is 0 Å². The minimum absolute atomic E-state index is 0.215. The van der Waals surface area contributed by atoms with E-state index in [0.29, 0.717) is 0 Å². The number of fused-ring (bicyclic) bond motifs is 1. The first-order valence-corrected chi connectivity index (χ1v) is 6.45. The third-order valence-corrected chi connectivity index (χ3v) is 3.58. The molecule has 0 saturated carbocycles. The van der Waals surface area contributed by atoms with Crippen LogP contribution in [0.4, 0.5) is 4.39 Å². The minimum atomic E-state index is -1.30. The largest absolute Gasteiger partial charge is 0.506 e. The van der Waals surface area contributed by atoms with E-state index >= 15 is 0 Å². The Kier molecular flexibility index (Phi) is 3.74. The van der Waals surface area contributed by atoms with E-state index in [1.807, 2.05) is 5.32 Å². The molecule has 2 rings (SSSR count). The number of halogens is 1. The Balaban J connectivity index is 2.60. The first kappa shape index (κ1) is 15.7. The van der Waals surface area contributed by atoms with Gasteiger partial charge in [0.15, 0.2) is 5.78 Å². The van der Waals surface area contributed by atoms with Crippen LogP contribution in [0.25, 0.3) is 5.76 Å². The maximum absolute atomic E-state index is 14.0. The number of carbonyl (C=O) groups is 3. The van der Waals surface area contributed by atoms with Crippen LogP contribution in [-0.4, -0.2) is 34.4 Å². The van der Waals surface area contributed by atoms with Gasteiger partial charge in [0, 0.05) is 0 Å². The number of benzene rings is 1. The number of ketones is 1. The molecule has 0 aliphatic heterocycles. The summed E-state index contributed by atoms with van der Waals surface area (Å²) in [5.74, 6) is -4.60. The van der Waals surface area contributed by atoms with E-state index in [9.17, 15) is 23.9 Å². The highest BCUT2D eigenvalue weighted by molar-refractivity contribution is 6.28. The van der Waals surface area contributed by atoms with Gasteiger partial charge in [-0.3, -0.25) is 14.4 Å². The third kappa shape index (κ3) is 2.34. The van der Waals surface area contributed by atoms with Gasteiger partial charge in [0.25, 0.3) is 5.91 Å². The topological polar surface area (TPSA) is 104 Å². The fourth-order valence-corrected chi connectivity index (χ4v) is 2.41. The number of aliphatic hydroxyl groups excluding tert-OH is 1. The van der Waals surface area contributed by atoms with Crippen molar-refractivity contribution in [3.05, 3.63) is 40.7 Å². The van der Waals surface area contributed by atoms with E-state index in [2.05, 4.69) is 0 Å². The number of carbonyl (C=O) groups excluding carboxylic acids is 2. The molecule has 116 valence electrons. The lowest BCUT2D eigenvalue weighted by molar-refractivity contribution is -0.138. The Bertz CT molecular complexity index is 721. The van der Waals surface area contributed by atoms with Crippen LogP contribution in [0, 0.1) is 5.82 Å². The molecule has 7 heteroatoms. The van der Waals surface area contributed by atoms with Crippen LogP contribution < -0.4 is 5.32 Å². The van der Waals surface area contributed by atoms with Crippen LogP contribution >= 0.6 is 0 Å². The third-order valence-electron chi connectivity index (χ3n) is 3.58. The zero-order valence-corrected chi connectivity index (χ0v) is 11.9. The molecule has 3 N–H and O–H groups in total. The van der Waals surface area contributed by atoms with E-state index < -0.39 is 46.8 Å². The predicted molar refractivity (Wildman–Crippen MR) is 74.6 cm³/mol. The van der Waals surface area contributed by atoms with Crippen molar-refractivity contribution in [1.29, 1.82) is 0 Å². The van der Waals surface area contributed by atoms with Crippen molar-refractivity contribution >= 4 is 23.4 Å². The summed E-state index contributed by atoms with van der Waals surface area (Å²) in [7, 11) is 0. The zero-order valence-electron chi connectivity index (χ0n) is 11.9. The highest BCUT2D eigenvalue weighted by Gasteiger charge is 2.44. The van der Waals surface area contributed by atoms with Gasteiger partial charge in [-0.1, -0.05) is 12.1 Å². The fraction of sp³-hybridized carbons (Fsp3) is 0.267. The molecule has 0 bridgehead atoms. The molecular formula is C15H14FNO5. The number of aliphatic hydroxyl groups is 1. The molecular weight excluding hydrogens is 293 g/mol. The lowest BCUT2D eigenvalue weighted by atomic mass is 9.71. The van der Waals surface area contributed by atoms with Gasteiger partial charge in [-0.05, 0) is 25.5 Å². The summed E-state index contributed by atoms with van der Waals surface area (Å²) in [4.78, 5) is 35.0. The van der Waals surface area contributed by atoms with Crippen molar-refractivity contribution in [2.75, 3.05) is 6.54 Å². The van der Waals surface area contributed by atoms with Crippen molar-refractivity contribution in [2.45, 2.75) is 19.3 Å². The van der Waals surface area contributed by atoms with Crippen LogP contribution in [-0.2, 0) is 19.8 Å². The van der Waals surface area contributed by atoms with Gasteiger partial charge >= 0.3 is 5.97 Å². The maximum Gasteiger partial charge on any atom is 0.322 e. The van der Waals surface area contributed by atoms with Crippen molar-refractivity contribution in [3.8, 4) is 0 Å². The average molecular weight is 307 g/mol. The van der Waals surface area contributed by atoms with E-state index in [1.165, 1.54) is 26.0 Å². The minimum Gasteiger partial charge on any atom is -0.506 e. The summed E-state index contributed by atoms with van der Waals surface area (Å²) in [5, 5.41) is 20.7. The first-order valence-electron chi connectivity index (χ1n) is 6.45. The molecule has 0 saturated heterocycles. The molecule has 1 aromatic rings. The summed E-state index contributed by atoms with van der Waals surface area (Å²) in [6, 6.07) is 4.01. The molecule has 1 aliphatic carbocycles. The Hall–Kier alpha value is -2.70. The average Bonchev–Trinajstić information content (AvgIpc) is 2.43. The second-order valence-electron chi connectivity index (χ2n) is 5.42. The number of hydrogen-bond donors (Lipinski definition) is 3. The number of carboxylic acid groups (broad SMARTS) is 1. The van der Waals surface area contributed by atoms with Crippen LogP contribution in [0.1, 0.15) is 25.0 Å².